The van der Waals surface area contributed by atoms with Crippen LogP contribution in [0.25, 0.3) is 0 Å². The minimum absolute atomic E-state index is 0.00410. The quantitative estimate of drug-likeness (QED) is 0.662. The lowest BCUT2D eigenvalue weighted by atomic mass is 10.1. The number of nitrogens with one attached hydrogen (secondary N) is 1. The highest BCUT2D eigenvalue weighted by molar-refractivity contribution is 7.99. The Morgan fingerprint density at radius 3 is 2.71 bits per heavy atom. The van der Waals surface area contributed by atoms with Crippen molar-refractivity contribution in [2.45, 2.75) is 32.4 Å². The first-order chi connectivity index (χ1) is 9.97. The van der Waals surface area contributed by atoms with E-state index in [1.165, 1.54) is 0 Å². The largest absolute Gasteiger partial charge is 0.383 e. The van der Waals surface area contributed by atoms with Gasteiger partial charge >= 0.3 is 0 Å². The van der Waals surface area contributed by atoms with Crippen LogP contribution in [-0.2, 0) is 14.3 Å². The van der Waals surface area contributed by atoms with Crippen molar-refractivity contribution in [2.75, 3.05) is 38.3 Å². The van der Waals surface area contributed by atoms with Gasteiger partial charge in [-0.15, -0.1) is 0 Å². The standard InChI is InChI=1S/C14H27N3O3S/c1-10(2)13(15)14(19)16-8-12(18)17(5-6-20-3)11-4-7-21-9-11/h10-11,13H,4-9,15H2,1-3H3,(H,16,19)/t11?,13-/m0/s1. The number of methoxy groups -OCH3 is 1. The highest BCUT2D eigenvalue weighted by Crippen LogP contribution is 2.22. The second kappa shape index (κ2) is 9.27. The van der Waals surface area contributed by atoms with Crippen molar-refractivity contribution in [2.24, 2.45) is 11.7 Å². The molecule has 0 spiro atoms. The number of thioether (sulfide) groups is 1. The van der Waals surface area contributed by atoms with E-state index in [0.29, 0.717) is 13.2 Å². The average molecular weight is 317 g/mol. The molecular formula is C14H27N3O3S. The third kappa shape index (κ3) is 5.84. The first-order valence-electron chi connectivity index (χ1n) is 7.36. The fourth-order valence-corrected chi connectivity index (χ4v) is 3.38. The number of nitrogens with two attached hydrogens (primary N) is 1. The van der Waals surface area contributed by atoms with Gasteiger partial charge in [-0.25, -0.2) is 0 Å². The first-order valence-corrected chi connectivity index (χ1v) is 8.52. The van der Waals surface area contributed by atoms with E-state index in [1.807, 2.05) is 30.5 Å². The Bertz CT molecular complexity index is 346. The Morgan fingerprint density at radius 1 is 1.48 bits per heavy atom. The summed E-state index contributed by atoms with van der Waals surface area (Å²) in [5.41, 5.74) is 5.76. The monoisotopic (exact) mass is 317 g/mol. The number of ether oxygens (including phenoxy) is 1. The minimum Gasteiger partial charge on any atom is -0.383 e. The van der Waals surface area contributed by atoms with E-state index < -0.39 is 6.04 Å². The van der Waals surface area contributed by atoms with Crippen LogP contribution in [0.2, 0.25) is 0 Å². The molecule has 3 N–H and O–H groups in total. The van der Waals surface area contributed by atoms with Crippen molar-refractivity contribution in [1.29, 1.82) is 0 Å². The third-order valence-electron chi connectivity index (χ3n) is 3.64. The predicted octanol–water partition coefficient (Wildman–Crippen LogP) is 0.0664. The molecule has 21 heavy (non-hydrogen) atoms. The Hall–Kier alpha value is -0.790. The summed E-state index contributed by atoms with van der Waals surface area (Å²) in [5.74, 6) is 1.74. The molecule has 2 amide bonds. The first kappa shape index (κ1) is 18.3. The maximum absolute atomic E-state index is 12.3. The number of hydrogen-bond acceptors (Lipinski definition) is 5. The number of amides is 2. The molecule has 7 heteroatoms. The topological polar surface area (TPSA) is 84.7 Å². The minimum atomic E-state index is -0.577. The van der Waals surface area contributed by atoms with Gasteiger partial charge in [0.05, 0.1) is 19.2 Å². The van der Waals surface area contributed by atoms with Crippen LogP contribution in [-0.4, -0.2) is 67.1 Å². The molecule has 0 aromatic carbocycles. The lowest BCUT2D eigenvalue weighted by Gasteiger charge is -2.28. The van der Waals surface area contributed by atoms with Crippen molar-refractivity contribution in [1.82, 2.24) is 10.2 Å². The summed E-state index contributed by atoms with van der Waals surface area (Å²) in [4.78, 5) is 26.0. The van der Waals surface area contributed by atoms with Crippen LogP contribution in [0.1, 0.15) is 20.3 Å². The predicted molar refractivity (Wildman–Crippen MR) is 85.1 cm³/mol. The molecule has 1 rings (SSSR count). The Morgan fingerprint density at radius 2 is 2.19 bits per heavy atom. The van der Waals surface area contributed by atoms with Crippen LogP contribution in [0.3, 0.4) is 0 Å². The summed E-state index contributed by atoms with van der Waals surface area (Å²) in [6.07, 6.45) is 1.000. The van der Waals surface area contributed by atoms with Crippen LogP contribution in [0.4, 0.5) is 0 Å². The molecule has 0 aromatic rings. The number of nitrogens with zero attached hydrogens (tertiary/aromatic N) is 1. The van der Waals surface area contributed by atoms with Gasteiger partial charge in [-0.3, -0.25) is 9.59 Å². The number of carbonyl (C=O) groups excluding carboxylic acids is 2. The van der Waals surface area contributed by atoms with E-state index >= 15 is 0 Å². The van der Waals surface area contributed by atoms with E-state index in [9.17, 15) is 9.59 Å². The SMILES string of the molecule is COCCN(C(=O)CNC(=O)[C@@H](N)C(C)C)C1CCSC1. The molecule has 1 heterocycles. The zero-order valence-electron chi connectivity index (χ0n) is 13.1. The van der Waals surface area contributed by atoms with Gasteiger partial charge in [0.15, 0.2) is 0 Å². The van der Waals surface area contributed by atoms with Crippen LogP contribution in [0.15, 0.2) is 0 Å². The van der Waals surface area contributed by atoms with Gasteiger partial charge in [0, 0.05) is 25.4 Å². The molecule has 0 radical (unpaired) electrons. The van der Waals surface area contributed by atoms with Crippen LogP contribution in [0, 0.1) is 5.92 Å². The average Bonchev–Trinajstić information content (AvgIpc) is 2.98. The normalized spacial score (nSPS) is 19.6. The second-order valence-electron chi connectivity index (χ2n) is 5.58. The molecule has 2 atom stereocenters. The molecule has 0 aromatic heterocycles. The van der Waals surface area contributed by atoms with Crippen LogP contribution < -0.4 is 11.1 Å². The van der Waals surface area contributed by atoms with Crippen molar-refractivity contribution in [3.63, 3.8) is 0 Å². The van der Waals surface area contributed by atoms with Gasteiger partial charge in [-0.2, -0.15) is 11.8 Å². The number of hydrogen-bond donors (Lipinski definition) is 2. The lowest BCUT2D eigenvalue weighted by molar-refractivity contribution is -0.135. The van der Waals surface area contributed by atoms with Gasteiger partial charge in [0.2, 0.25) is 11.8 Å². The Kier molecular flexibility index (Phi) is 8.06. The van der Waals surface area contributed by atoms with Crippen molar-refractivity contribution in [3.05, 3.63) is 0 Å². The fraction of sp³-hybridized carbons (Fsp3) is 0.857. The second-order valence-corrected chi connectivity index (χ2v) is 6.73. The summed E-state index contributed by atoms with van der Waals surface area (Å²) in [5, 5.41) is 2.64. The summed E-state index contributed by atoms with van der Waals surface area (Å²) in [6.45, 7) is 4.84. The molecule has 6 nitrogen and oxygen atoms in total. The lowest BCUT2D eigenvalue weighted by Crippen LogP contribution is -2.50. The molecular weight excluding hydrogens is 290 g/mol. The molecule has 1 unspecified atom stereocenters. The zero-order valence-corrected chi connectivity index (χ0v) is 13.9. The van der Waals surface area contributed by atoms with E-state index in [1.54, 1.807) is 7.11 Å². The highest BCUT2D eigenvalue weighted by Gasteiger charge is 2.27. The van der Waals surface area contributed by atoms with Crippen molar-refractivity contribution in [3.8, 4) is 0 Å². The molecule has 0 aliphatic carbocycles. The van der Waals surface area contributed by atoms with Gasteiger partial charge in [-0.05, 0) is 18.1 Å². The van der Waals surface area contributed by atoms with E-state index in [4.69, 9.17) is 10.5 Å². The third-order valence-corrected chi connectivity index (χ3v) is 4.78. The molecule has 1 fully saturated rings. The van der Waals surface area contributed by atoms with Gasteiger partial charge in [-0.1, -0.05) is 13.8 Å². The molecule has 1 aliphatic heterocycles. The van der Waals surface area contributed by atoms with E-state index in [-0.39, 0.29) is 30.3 Å². The summed E-state index contributed by atoms with van der Waals surface area (Å²) in [6, 6.07) is -0.333. The Balaban J connectivity index is 2.49. The van der Waals surface area contributed by atoms with Crippen LogP contribution >= 0.6 is 11.8 Å². The maximum Gasteiger partial charge on any atom is 0.242 e. The van der Waals surface area contributed by atoms with E-state index in [0.717, 1.165) is 17.9 Å². The molecule has 0 saturated carbocycles. The number of carbonyl (C=O) groups is 2. The molecule has 1 aliphatic rings. The maximum atomic E-state index is 12.3. The van der Waals surface area contributed by atoms with Crippen molar-refractivity contribution < 1.29 is 14.3 Å². The van der Waals surface area contributed by atoms with Gasteiger partial charge in [0.25, 0.3) is 0 Å². The fourth-order valence-electron chi connectivity index (χ4n) is 2.15. The summed E-state index contributed by atoms with van der Waals surface area (Å²) in [7, 11) is 1.62. The van der Waals surface area contributed by atoms with Gasteiger partial charge in [0.1, 0.15) is 0 Å². The number of rotatable bonds is 8. The Labute approximate surface area is 131 Å². The van der Waals surface area contributed by atoms with Crippen LogP contribution in [0.5, 0.6) is 0 Å². The molecule has 0 bridgehead atoms. The van der Waals surface area contributed by atoms with Gasteiger partial charge < -0.3 is 20.7 Å². The zero-order chi connectivity index (χ0) is 15.8. The summed E-state index contributed by atoms with van der Waals surface area (Å²) >= 11 is 1.85. The summed E-state index contributed by atoms with van der Waals surface area (Å²) < 4.78 is 5.07. The molecule has 122 valence electrons. The van der Waals surface area contributed by atoms with Crippen molar-refractivity contribution >= 4 is 23.6 Å². The molecule has 1 saturated heterocycles. The van der Waals surface area contributed by atoms with E-state index in [2.05, 4.69) is 5.32 Å². The smallest absolute Gasteiger partial charge is 0.242 e. The highest BCUT2D eigenvalue weighted by atomic mass is 32.2.